The van der Waals surface area contributed by atoms with Crippen molar-refractivity contribution in [3.8, 4) is 0 Å². The van der Waals surface area contributed by atoms with Gasteiger partial charge in [0.05, 0.1) is 5.70 Å². The minimum Gasteiger partial charge on any atom is -0.463 e. The first kappa shape index (κ1) is 35.9. The van der Waals surface area contributed by atoms with Crippen molar-refractivity contribution in [2.45, 2.75) is 61.6 Å². The summed E-state index contributed by atoms with van der Waals surface area (Å²) >= 11 is 3.56. The number of rotatable bonds is 9. The van der Waals surface area contributed by atoms with Crippen molar-refractivity contribution in [1.29, 1.82) is 0 Å². The molecular formula is C26H25BrF6N4O7S. The minimum atomic E-state index is -4.77. The van der Waals surface area contributed by atoms with Crippen molar-refractivity contribution < 1.29 is 59.7 Å². The minimum absolute atomic E-state index is 0.0869. The smallest absolute Gasteiger partial charge is 0.434 e. The summed E-state index contributed by atoms with van der Waals surface area (Å²) in [6.07, 6.45) is -7.26. The van der Waals surface area contributed by atoms with Crippen LogP contribution in [0.15, 0.2) is 40.0 Å². The Bertz CT molecular complexity index is 1460. The Hall–Kier alpha value is -3.55. The number of hydrazine groups is 1. The Labute approximate surface area is 264 Å². The number of thioether (sulfide) groups is 1. The zero-order valence-electron chi connectivity index (χ0n) is 23.4. The molecule has 45 heavy (non-hydrogen) atoms. The molecule has 246 valence electrons. The van der Waals surface area contributed by atoms with Gasteiger partial charge >= 0.3 is 24.1 Å². The second-order valence-corrected chi connectivity index (χ2v) is 11.4. The molecular weight excluding hydrogens is 706 g/mol. The van der Waals surface area contributed by atoms with Crippen LogP contribution in [0.1, 0.15) is 32.0 Å². The number of alkyl halides is 3. The Morgan fingerprint density at radius 3 is 2.13 bits per heavy atom. The number of halogens is 7. The highest BCUT2D eigenvalue weighted by Gasteiger charge is 2.52. The maximum Gasteiger partial charge on any atom is 0.434 e. The summed E-state index contributed by atoms with van der Waals surface area (Å²) in [7, 11) is 0. The number of hydrogen-bond donors (Lipinski definition) is 2. The number of ether oxygens (including phenoxy) is 4. The van der Waals surface area contributed by atoms with Gasteiger partial charge in [-0.1, -0.05) is 11.8 Å². The number of carbonyl (C=O) groups is 3. The molecule has 1 saturated heterocycles. The van der Waals surface area contributed by atoms with Gasteiger partial charge in [0.1, 0.15) is 24.2 Å². The van der Waals surface area contributed by atoms with Crippen LogP contribution in [-0.4, -0.2) is 64.3 Å². The predicted octanol–water partition coefficient (Wildman–Crippen LogP) is 4.03. The fraction of sp³-hybridized carbons (Fsp3) is 0.385. The number of esters is 3. The molecule has 5 unspecified atom stereocenters. The molecule has 1 aliphatic heterocycles. The van der Waals surface area contributed by atoms with Crippen LogP contribution in [0.2, 0.25) is 0 Å². The summed E-state index contributed by atoms with van der Waals surface area (Å²) in [4.78, 5) is 39.5. The van der Waals surface area contributed by atoms with E-state index < -0.39 is 93.8 Å². The van der Waals surface area contributed by atoms with Crippen molar-refractivity contribution in [3.05, 3.63) is 63.8 Å². The molecule has 1 aromatic carbocycles. The molecule has 0 bridgehead atoms. The van der Waals surface area contributed by atoms with Crippen molar-refractivity contribution in [1.82, 2.24) is 9.99 Å². The fourth-order valence-corrected chi connectivity index (χ4v) is 6.03. The van der Waals surface area contributed by atoms with Gasteiger partial charge in [-0.3, -0.25) is 14.4 Å². The summed E-state index contributed by atoms with van der Waals surface area (Å²) in [5, 5.41) is 0.785. The van der Waals surface area contributed by atoms with Gasteiger partial charge < -0.3 is 29.7 Å². The van der Waals surface area contributed by atoms with Crippen LogP contribution in [0.3, 0.4) is 0 Å². The van der Waals surface area contributed by atoms with Crippen LogP contribution in [0.4, 0.5) is 26.3 Å². The number of aromatic nitrogens is 1. The lowest BCUT2D eigenvalue weighted by atomic mass is 9.96. The normalized spacial score (nSPS) is 22.0. The predicted molar refractivity (Wildman–Crippen MR) is 147 cm³/mol. The van der Waals surface area contributed by atoms with Gasteiger partial charge in [0.2, 0.25) is 0 Å². The largest absolute Gasteiger partial charge is 0.463 e. The molecule has 0 radical (unpaired) electrons. The molecule has 2 aromatic rings. The van der Waals surface area contributed by atoms with E-state index >= 15 is 0 Å². The van der Waals surface area contributed by atoms with Crippen molar-refractivity contribution in [2.24, 2.45) is 11.6 Å². The molecule has 0 spiro atoms. The first-order valence-corrected chi connectivity index (χ1v) is 14.2. The summed E-state index contributed by atoms with van der Waals surface area (Å²) in [6.45, 7) is 2.60. The molecule has 1 aromatic heterocycles. The molecule has 19 heteroatoms. The van der Waals surface area contributed by atoms with Gasteiger partial charge in [0, 0.05) is 48.1 Å². The van der Waals surface area contributed by atoms with Gasteiger partial charge in [-0.25, -0.2) is 24.0 Å². The summed E-state index contributed by atoms with van der Waals surface area (Å²) in [6, 6.07) is 0.822. The number of nitrogens with two attached hydrogens (primary N) is 2. The second kappa shape index (κ2) is 14.7. The second-order valence-electron chi connectivity index (χ2n) is 9.39. The van der Waals surface area contributed by atoms with Gasteiger partial charge in [0.25, 0.3) is 0 Å². The third-order valence-corrected chi connectivity index (χ3v) is 7.67. The van der Waals surface area contributed by atoms with Crippen LogP contribution < -0.4 is 11.6 Å². The van der Waals surface area contributed by atoms with Crippen LogP contribution in [-0.2, 0) is 39.5 Å². The van der Waals surface area contributed by atoms with Crippen LogP contribution in [0, 0.1) is 17.5 Å². The van der Waals surface area contributed by atoms with Gasteiger partial charge in [-0.15, -0.1) is 0 Å². The third kappa shape index (κ3) is 9.24. The number of hydrogen-bond acceptors (Lipinski definition) is 12. The van der Waals surface area contributed by atoms with Crippen LogP contribution >= 0.6 is 27.7 Å². The molecule has 0 aliphatic carbocycles. The topological polar surface area (TPSA) is 156 Å². The number of benzene rings is 1. The average molecular weight is 731 g/mol. The standard InChI is InChI=1S/C26H25BrF6N4O7S/c1-10(38)41-9-19-22(42-11(2)39)21(37(35)8-18(34)13-4-16(28)20(30)17(29)5-13)23(43-12(3)40)25(44-19)45-14-6-15(27)24(36-7-14)26(31,32)33/h4-8,19,21-23,25H,9,34-35H2,1-3H3/b18-8-. The van der Waals surface area contributed by atoms with Gasteiger partial charge in [0.15, 0.2) is 35.4 Å². The number of pyridine rings is 1. The SMILES string of the molecule is CC(=O)OCC1OC(Sc2cnc(C(F)(F)F)c(Br)c2)C(OC(C)=O)C(N(N)/C=C(\N)c2cc(F)c(F)c(F)c2)C1OC(C)=O. The molecule has 1 fully saturated rings. The molecule has 11 nitrogen and oxygen atoms in total. The van der Waals surface area contributed by atoms with E-state index in [0.717, 1.165) is 56.0 Å². The van der Waals surface area contributed by atoms with Crippen molar-refractivity contribution in [3.63, 3.8) is 0 Å². The molecule has 2 heterocycles. The lowest BCUT2D eigenvalue weighted by molar-refractivity contribution is -0.215. The summed E-state index contributed by atoms with van der Waals surface area (Å²) in [5.74, 6) is -1.07. The quantitative estimate of drug-likeness (QED) is 0.0956. The lowest BCUT2D eigenvalue weighted by Gasteiger charge is -2.47. The van der Waals surface area contributed by atoms with E-state index in [2.05, 4.69) is 20.9 Å². The van der Waals surface area contributed by atoms with E-state index in [1.807, 2.05) is 0 Å². The number of carbonyl (C=O) groups excluding carboxylic acids is 3. The van der Waals surface area contributed by atoms with Crippen LogP contribution in [0.25, 0.3) is 5.70 Å². The first-order valence-electron chi connectivity index (χ1n) is 12.6. The maximum atomic E-state index is 13.9. The van der Waals surface area contributed by atoms with E-state index in [4.69, 9.17) is 30.5 Å². The zero-order valence-corrected chi connectivity index (χ0v) is 25.8. The Kier molecular flexibility index (Phi) is 11.7. The molecule has 5 atom stereocenters. The van der Waals surface area contributed by atoms with E-state index in [-0.39, 0.29) is 10.5 Å². The lowest BCUT2D eigenvalue weighted by Crippen LogP contribution is -2.66. The molecule has 3 rings (SSSR count). The van der Waals surface area contributed by atoms with E-state index in [1.165, 1.54) is 0 Å². The highest BCUT2D eigenvalue weighted by molar-refractivity contribution is 9.10. The fourth-order valence-electron chi connectivity index (χ4n) is 4.19. The van der Waals surface area contributed by atoms with E-state index in [0.29, 0.717) is 12.1 Å². The maximum absolute atomic E-state index is 13.9. The van der Waals surface area contributed by atoms with Crippen LogP contribution in [0.5, 0.6) is 0 Å². The first-order chi connectivity index (χ1) is 20.9. The van der Waals surface area contributed by atoms with Crippen molar-refractivity contribution in [2.75, 3.05) is 6.61 Å². The molecule has 4 N–H and O–H groups in total. The Morgan fingerprint density at radius 2 is 1.62 bits per heavy atom. The monoisotopic (exact) mass is 730 g/mol. The Morgan fingerprint density at radius 1 is 1.04 bits per heavy atom. The molecule has 0 amide bonds. The number of nitrogens with zero attached hydrogens (tertiary/aromatic N) is 2. The average Bonchev–Trinajstić information content (AvgIpc) is 2.90. The van der Waals surface area contributed by atoms with Gasteiger partial charge in [-0.05, 0) is 34.1 Å². The summed E-state index contributed by atoms with van der Waals surface area (Å²) < 4.78 is 103. The zero-order chi connectivity index (χ0) is 33.8. The summed E-state index contributed by atoms with van der Waals surface area (Å²) in [5.41, 5.74) is 2.69. The van der Waals surface area contributed by atoms with E-state index in [1.54, 1.807) is 0 Å². The van der Waals surface area contributed by atoms with Gasteiger partial charge in [-0.2, -0.15) is 13.2 Å². The molecule has 1 aliphatic rings. The Balaban J connectivity index is 2.13. The van der Waals surface area contributed by atoms with E-state index in [9.17, 15) is 40.7 Å². The highest BCUT2D eigenvalue weighted by atomic mass is 79.9. The highest BCUT2D eigenvalue weighted by Crippen LogP contribution is 2.40. The van der Waals surface area contributed by atoms with Crippen molar-refractivity contribution >= 4 is 51.3 Å². The molecule has 0 saturated carbocycles. The third-order valence-electron chi connectivity index (χ3n) is 5.96.